The lowest BCUT2D eigenvalue weighted by Gasteiger charge is -2.10. The number of thiazole rings is 1. The van der Waals surface area contributed by atoms with E-state index in [1.807, 2.05) is 24.3 Å². The topological polar surface area (TPSA) is 78.9 Å². The molecule has 0 unspecified atom stereocenters. The predicted octanol–water partition coefficient (Wildman–Crippen LogP) is 6.62. The number of nitrogens with zero attached hydrogens (tertiary/aromatic N) is 3. The summed E-state index contributed by atoms with van der Waals surface area (Å²) in [5, 5.41) is 5.38. The lowest BCUT2D eigenvalue weighted by Crippen LogP contribution is -2.23. The fraction of sp³-hybridized carbons (Fsp3) is 0.179. The van der Waals surface area contributed by atoms with Crippen molar-refractivity contribution in [1.29, 1.82) is 0 Å². The Morgan fingerprint density at radius 1 is 1.08 bits per heavy atom. The van der Waals surface area contributed by atoms with Crippen molar-refractivity contribution in [1.82, 2.24) is 14.6 Å². The van der Waals surface area contributed by atoms with E-state index in [1.165, 1.54) is 15.9 Å². The molecule has 5 aromatic rings. The van der Waals surface area contributed by atoms with E-state index in [2.05, 4.69) is 17.0 Å². The maximum atomic E-state index is 12.9. The van der Waals surface area contributed by atoms with E-state index in [0.717, 1.165) is 18.4 Å². The van der Waals surface area contributed by atoms with Crippen LogP contribution < -0.4 is 19.6 Å². The molecule has 3 aromatic heterocycles. The first-order valence-electron chi connectivity index (χ1n) is 11.9. The molecule has 0 saturated carbocycles. The van der Waals surface area contributed by atoms with Gasteiger partial charge in [0.1, 0.15) is 16.1 Å². The van der Waals surface area contributed by atoms with Crippen LogP contribution in [0.1, 0.15) is 36.9 Å². The highest BCUT2D eigenvalue weighted by atomic mass is 35.5. The number of benzene rings is 2. The minimum atomic E-state index is -0.269. The van der Waals surface area contributed by atoms with Crippen molar-refractivity contribution >= 4 is 57.7 Å². The van der Waals surface area contributed by atoms with E-state index in [1.54, 1.807) is 49.6 Å². The number of methoxy groups -OCH3 is 1. The number of ether oxygens (including phenoxy) is 2. The highest BCUT2D eigenvalue weighted by Crippen LogP contribution is 2.32. The summed E-state index contributed by atoms with van der Waals surface area (Å²) < 4.78 is 18.9. The van der Waals surface area contributed by atoms with Crippen LogP contribution in [0, 0.1) is 0 Å². The maximum Gasteiger partial charge on any atom is 0.291 e. The molecule has 10 heteroatoms. The average Bonchev–Trinajstić information content (AvgIpc) is 3.60. The molecule has 0 bridgehead atoms. The zero-order chi connectivity index (χ0) is 26.6. The summed E-state index contributed by atoms with van der Waals surface area (Å²) in [5.74, 6) is 2.89. The second kappa shape index (κ2) is 11.4. The fourth-order valence-electron chi connectivity index (χ4n) is 3.72. The van der Waals surface area contributed by atoms with Crippen LogP contribution in [0.2, 0.25) is 10.0 Å². The molecule has 3 heterocycles. The van der Waals surface area contributed by atoms with Crippen molar-refractivity contribution in [3.63, 3.8) is 0 Å². The first-order valence-corrected chi connectivity index (χ1v) is 13.5. The van der Waals surface area contributed by atoms with Crippen LogP contribution in [0.3, 0.4) is 0 Å². The van der Waals surface area contributed by atoms with Gasteiger partial charge in [-0.1, -0.05) is 60.0 Å². The lowest BCUT2D eigenvalue weighted by atomic mass is 10.2. The molecule has 0 fully saturated rings. The standard InChI is InChI=1S/C28H23Cl2N3O4S/c1-3-4-13-36-23-10-5-17(14-24(23)35-2)6-12-26-31-28-33(32-26)27(34)25(38-28)16-19-8-11-22(37-19)20-9-7-18(29)15-21(20)30/h5-12,14-16H,3-4,13H2,1-2H3/b12-6+,25-16-. The molecule has 5 rings (SSSR count). The second-order valence-corrected chi connectivity index (χ2v) is 10.2. The van der Waals surface area contributed by atoms with Gasteiger partial charge in [0.05, 0.1) is 18.7 Å². The Labute approximate surface area is 232 Å². The van der Waals surface area contributed by atoms with Crippen molar-refractivity contribution in [3.05, 3.63) is 90.6 Å². The number of unbranched alkanes of at least 4 members (excludes halogenated alkanes) is 1. The monoisotopic (exact) mass is 567 g/mol. The highest BCUT2D eigenvalue weighted by Gasteiger charge is 2.12. The van der Waals surface area contributed by atoms with Gasteiger partial charge >= 0.3 is 0 Å². The third-order valence-corrected chi connectivity index (χ3v) is 7.17. The van der Waals surface area contributed by atoms with Gasteiger partial charge in [-0.2, -0.15) is 9.50 Å². The maximum absolute atomic E-state index is 12.9. The van der Waals surface area contributed by atoms with Crippen LogP contribution >= 0.6 is 34.5 Å². The Morgan fingerprint density at radius 2 is 1.95 bits per heavy atom. The van der Waals surface area contributed by atoms with Crippen molar-refractivity contribution < 1.29 is 13.9 Å². The molecule has 194 valence electrons. The van der Waals surface area contributed by atoms with Crippen LogP contribution in [0.4, 0.5) is 0 Å². The normalized spacial score (nSPS) is 12.2. The molecule has 0 aliphatic heterocycles. The number of fused-ring (bicyclic) bond motifs is 1. The molecule has 2 aromatic carbocycles. The molecule has 0 N–H and O–H groups in total. The number of furan rings is 1. The van der Waals surface area contributed by atoms with Gasteiger partial charge in [-0.25, -0.2) is 0 Å². The SMILES string of the molecule is CCCCOc1ccc(/C=C/c2nc3s/c(=C\c4ccc(-c5ccc(Cl)cc5Cl)o4)c(=O)n3n2)cc1OC. The quantitative estimate of drug-likeness (QED) is 0.186. The molecule has 38 heavy (non-hydrogen) atoms. The molecular formula is C28H23Cl2N3O4S. The van der Waals surface area contributed by atoms with Crippen molar-refractivity contribution in [3.8, 4) is 22.8 Å². The summed E-state index contributed by atoms with van der Waals surface area (Å²) in [6.45, 7) is 2.76. The zero-order valence-corrected chi connectivity index (χ0v) is 22.9. The Morgan fingerprint density at radius 3 is 2.71 bits per heavy atom. The van der Waals surface area contributed by atoms with E-state index in [9.17, 15) is 4.79 Å². The van der Waals surface area contributed by atoms with Gasteiger partial charge in [-0.3, -0.25) is 4.79 Å². The van der Waals surface area contributed by atoms with Crippen molar-refractivity contribution in [2.45, 2.75) is 19.8 Å². The van der Waals surface area contributed by atoms with Gasteiger partial charge < -0.3 is 13.9 Å². The van der Waals surface area contributed by atoms with Crippen LogP contribution in [0.25, 0.3) is 34.5 Å². The summed E-state index contributed by atoms with van der Waals surface area (Å²) in [6, 6.07) is 14.5. The largest absolute Gasteiger partial charge is 0.493 e. The fourth-order valence-corrected chi connectivity index (χ4v) is 5.11. The molecule has 0 amide bonds. The number of halogens is 2. The van der Waals surface area contributed by atoms with Crippen LogP contribution in [-0.4, -0.2) is 28.3 Å². The van der Waals surface area contributed by atoms with Crippen LogP contribution in [0.5, 0.6) is 11.5 Å². The molecule has 0 saturated heterocycles. The first-order chi connectivity index (χ1) is 18.4. The third kappa shape index (κ3) is 5.62. The summed E-state index contributed by atoms with van der Waals surface area (Å²) in [6.07, 6.45) is 7.33. The van der Waals surface area contributed by atoms with E-state index >= 15 is 0 Å². The van der Waals surface area contributed by atoms with E-state index in [-0.39, 0.29) is 5.56 Å². The Kier molecular flexibility index (Phi) is 7.83. The molecule has 0 spiro atoms. The minimum Gasteiger partial charge on any atom is -0.493 e. The van der Waals surface area contributed by atoms with Gasteiger partial charge in [-0.15, -0.1) is 5.10 Å². The Balaban J connectivity index is 1.35. The van der Waals surface area contributed by atoms with Crippen molar-refractivity contribution in [2.24, 2.45) is 0 Å². The Hall–Kier alpha value is -3.59. The predicted molar refractivity (Wildman–Crippen MR) is 152 cm³/mol. The lowest BCUT2D eigenvalue weighted by molar-refractivity contribution is 0.288. The molecule has 0 aliphatic rings. The molecule has 7 nitrogen and oxygen atoms in total. The smallest absolute Gasteiger partial charge is 0.291 e. The number of hydrogen-bond donors (Lipinski definition) is 0. The van der Waals surface area contributed by atoms with E-state index in [4.69, 9.17) is 37.1 Å². The summed E-state index contributed by atoms with van der Waals surface area (Å²) in [5.41, 5.74) is 1.34. The van der Waals surface area contributed by atoms with Gasteiger partial charge in [0.2, 0.25) is 4.96 Å². The number of hydrogen-bond acceptors (Lipinski definition) is 7. The van der Waals surface area contributed by atoms with Gasteiger partial charge in [0.15, 0.2) is 17.3 Å². The average molecular weight is 568 g/mol. The molecule has 0 atom stereocenters. The molecule has 0 radical (unpaired) electrons. The second-order valence-electron chi connectivity index (χ2n) is 8.35. The summed E-state index contributed by atoms with van der Waals surface area (Å²) in [7, 11) is 1.61. The van der Waals surface area contributed by atoms with E-state index < -0.39 is 0 Å². The van der Waals surface area contributed by atoms with Gasteiger partial charge in [0.25, 0.3) is 5.56 Å². The first kappa shape index (κ1) is 26.0. The van der Waals surface area contributed by atoms with Gasteiger partial charge in [-0.05, 0) is 60.5 Å². The van der Waals surface area contributed by atoms with E-state index in [0.29, 0.717) is 60.6 Å². The number of aromatic nitrogens is 3. The van der Waals surface area contributed by atoms with Crippen LogP contribution in [0.15, 0.2) is 57.7 Å². The molecule has 0 aliphatic carbocycles. The highest BCUT2D eigenvalue weighted by molar-refractivity contribution is 7.15. The van der Waals surface area contributed by atoms with Crippen LogP contribution in [-0.2, 0) is 0 Å². The Bertz CT molecular complexity index is 1740. The van der Waals surface area contributed by atoms with Crippen molar-refractivity contribution in [2.75, 3.05) is 13.7 Å². The van der Waals surface area contributed by atoms with Gasteiger partial charge in [0, 0.05) is 16.7 Å². The third-order valence-electron chi connectivity index (χ3n) is 5.66. The number of rotatable bonds is 9. The minimum absolute atomic E-state index is 0.269. The summed E-state index contributed by atoms with van der Waals surface area (Å²) >= 11 is 13.5. The zero-order valence-electron chi connectivity index (χ0n) is 20.6. The summed E-state index contributed by atoms with van der Waals surface area (Å²) in [4.78, 5) is 17.9. The molecular weight excluding hydrogens is 545 g/mol.